The molecule has 1 N–H and O–H groups in total. The van der Waals surface area contributed by atoms with Gasteiger partial charge in [0.1, 0.15) is 16.7 Å². The molecule has 2 rings (SSSR count). The number of hydrogen-bond acceptors (Lipinski definition) is 5. The highest BCUT2D eigenvalue weighted by atomic mass is 35.5. The molecule has 1 aliphatic rings. The molecule has 0 saturated heterocycles. The Kier molecular flexibility index (Phi) is 5.32. The van der Waals surface area contributed by atoms with E-state index >= 15 is 0 Å². The fourth-order valence-corrected chi connectivity index (χ4v) is 1.66. The second kappa shape index (κ2) is 7.45. The molecule has 104 valence electrons. The normalized spacial score (nSPS) is 19.4. The molecule has 0 fully saturated rings. The third kappa shape index (κ3) is 4.85. The van der Waals surface area contributed by atoms with Crippen LogP contribution in [0.1, 0.15) is 6.42 Å². The third-order valence-corrected chi connectivity index (χ3v) is 2.68. The second-order valence-corrected chi connectivity index (χ2v) is 4.44. The molecule has 5 nitrogen and oxygen atoms in total. The van der Waals surface area contributed by atoms with E-state index in [4.69, 9.17) is 16.3 Å². The lowest BCUT2D eigenvalue weighted by Gasteiger charge is -2.08. The van der Waals surface area contributed by atoms with Crippen molar-refractivity contribution < 1.29 is 4.74 Å². The minimum atomic E-state index is 0.420. The van der Waals surface area contributed by atoms with Crippen molar-refractivity contribution in [1.82, 2.24) is 4.98 Å². The van der Waals surface area contributed by atoms with Gasteiger partial charge in [0, 0.05) is 12.6 Å². The van der Waals surface area contributed by atoms with Gasteiger partial charge in [-0.3, -0.25) is 10.4 Å². The van der Waals surface area contributed by atoms with Gasteiger partial charge in [-0.2, -0.15) is 5.10 Å². The Labute approximate surface area is 122 Å². The van der Waals surface area contributed by atoms with Crippen LogP contribution in [0.25, 0.3) is 0 Å². The van der Waals surface area contributed by atoms with E-state index in [1.165, 1.54) is 0 Å². The molecule has 0 aliphatic carbocycles. The van der Waals surface area contributed by atoms with Crippen LogP contribution >= 0.6 is 11.6 Å². The van der Waals surface area contributed by atoms with Gasteiger partial charge in [-0.05, 0) is 24.3 Å². The number of aromatic nitrogens is 1. The smallest absolute Gasteiger partial charge is 0.147 e. The molecule has 0 amide bonds. The summed E-state index contributed by atoms with van der Waals surface area (Å²) in [4.78, 5) is 8.35. The number of ether oxygens (including phenoxy) is 1. The van der Waals surface area contributed by atoms with E-state index in [1.54, 1.807) is 36.6 Å². The Morgan fingerprint density at radius 3 is 3.15 bits per heavy atom. The predicted molar refractivity (Wildman–Crippen MR) is 82.5 cm³/mol. The van der Waals surface area contributed by atoms with Crippen molar-refractivity contribution in [2.45, 2.75) is 6.42 Å². The number of hydrogen-bond donors (Lipinski definition) is 1. The number of pyridine rings is 1. The minimum Gasteiger partial charge on any atom is -0.494 e. The lowest BCUT2D eigenvalue weighted by atomic mass is 10.3. The maximum absolute atomic E-state index is 5.81. The number of rotatable bonds is 2. The van der Waals surface area contributed by atoms with Gasteiger partial charge in [0.15, 0.2) is 0 Å². The maximum atomic E-state index is 5.81. The number of anilines is 1. The molecule has 20 heavy (non-hydrogen) atoms. The van der Waals surface area contributed by atoms with Crippen LogP contribution in [0.15, 0.2) is 52.8 Å². The zero-order chi connectivity index (χ0) is 14.2. The second-order valence-electron chi connectivity index (χ2n) is 4.05. The molecular weight excluding hydrogens is 276 g/mol. The molecule has 0 radical (unpaired) electrons. The van der Waals surface area contributed by atoms with E-state index in [1.807, 2.05) is 0 Å². The maximum Gasteiger partial charge on any atom is 0.147 e. The van der Waals surface area contributed by atoms with Gasteiger partial charge >= 0.3 is 0 Å². The lowest BCUT2D eigenvalue weighted by Crippen LogP contribution is -2.11. The molecule has 1 aromatic rings. The van der Waals surface area contributed by atoms with Crippen LogP contribution in [-0.2, 0) is 4.74 Å². The summed E-state index contributed by atoms with van der Waals surface area (Å²) in [6.45, 7) is 4.79. The van der Waals surface area contributed by atoms with E-state index in [2.05, 4.69) is 27.1 Å². The molecule has 0 spiro atoms. The first-order valence-corrected chi connectivity index (χ1v) is 6.54. The summed E-state index contributed by atoms with van der Waals surface area (Å²) in [5.74, 6) is 1.21. The van der Waals surface area contributed by atoms with Crippen molar-refractivity contribution in [3.63, 3.8) is 0 Å². The Morgan fingerprint density at radius 1 is 1.40 bits per heavy atom. The zero-order valence-corrected chi connectivity index (χ0v) is 11.7. The van der Waals surface area contributed by atoms with Gasteiger partial charge in [-0.1, -0.05) is 24.2 Å². The first-order valence-electron chi connectivity index (χ1n) is 6.16. The Bertz CT molecular complexity index is 566. The summed E-state index contributed by atoms with van der Waals surface area (Å²) < 4.78 is 5.43. The number of hydrazone groups is 1. The van der Waals surface area contributed by atoms with Gasteiger partial charge in [0.2, 0.25) is 0 Å². The van der Waals surface area contributed by atoms with E-state index < -0.39 is 0 Å². The third-order valence-electron chi connectivity index (χ3n) is 2.47. The van der Waals surface area contributed by atoms with Crippen molar-refractivity contribution in [2.24, 2.45) is 10.1 Å². The number of nitrogens with zero attached hydrogens (tertiary/aromatic N) is 3. The van der Waals surface area contributed by atoms with Crippen LogP contribution in [0.2, 0.25) is 5.15 Å². The molecule has 1 aliphatic heterocycles. The molecular formula is C14H15ClN4O. The fraction of sp³-hybridized carbons (Fsp3) is 0.214. The van der Waals surface area contributed by atoms with Crippen molar-refractivity contribution in [3.8, 4) is 0 Å². The monoisotopic (exact) mass is 290 g/mol. The van der Waals surface area contributed by atoms with Crippen molar-refractivity contribution in [1.29, 1.82) is 0 Å². The number of allylic oxidation sites excluding steroid dienone is 2. The minimum absolute atomic E-state index is 0.420. The van der Waals surface area contributed by atoms with Gasteiger partial charge in [0.25, 0.3) is 0 Å². The molecule has 1 aromatic heterocycles. The first-order chi connectivity index (χ1) is 9.74. The van der Waals surface area contributed by atoms with Crippen molar-refractivity contribution >= 4 is 29.3 Å². The zero-order valence-electron chi connectivity index (χ0n) is 10.9. The molecule has 0 bridgehead atoms. The van der Waals surface area contributed by atoms with Crippen LogP contribution in [0.5, 0.6) is 0 Å². The molecule has 2 heterocycles. The first kappa shape index (κ1) is 14.3. The summed E-state index contributed by atoms with van der Waals surface area (Å²) in [6, 6.07) is 5.31. The summed E-state index contributed by atoms with van der Waals surface area (Å²) in [5, 5.41) is 4.71. The number of nitrogens with one attached hydrogen (secondary N) is 1. The highest BCUT2D eigenvalue weighted by Crippen LogP contribution is 2.09. The molecule has 0 unspecified atom stereocenters. The van der Waals surface area contributed by atoms with Crippen LogP contribution in [-0.4, -0.2) is 30.1 Å². The molecule has 6 heteroatoms. The largest absolute Gasteiger partial charge is 0.494 e. The number of halogens is 1. The summed E-state index contributed by atoms with van der Waals surface area (Å²) in [6.07, 6.45) is 5.93. The van der Waals surface area contributed by atoms with Crippen LogP contribution < -0.4 is 5.43 Å². The Hall–Kier alpha value is -2.14. The van der Waals surface area contributed by atoms with Crippen LogP contribution in [0.4, 0.5) is 5.82 Å². The average Bonchev–Trinajstić information content (AvgIpc) is 2.44. The van der Waals surface area contributed by atoms with E-state index in [9.17, 15) is 0 Å². The molecule has 0 aromatic carbocycles. The number of aliphatic imine (C=N–C) groups is 1. The SMILES string of the molecule is C=C1/C=C\C=NC/C(=N/Nc2cccc(Cl)n2)CCO1. The topological polar surface area (TPSA) is 58.9 Å². The Balaban J connectivity index is 2.02. The van der Waals surface area contributed by atoms with Gasteiger partial charge in [-0.25, -0.2) is 4.98 Å². The van der Waals surface area contributed by atoms with E-state index in [0.717, 1.165) is 5.71 Å². The van der Waals surface area contributed by atoms with Crippen molar-refractivity contribution in [2.75, 3.05) is 18.6 Å². The summed E-state index contributed by atoms with van der Waals surface area (Å²) >= 11 is 5.81. The highest BCUT2D eigenvalue weighted by Gasteiger charge is 2.02. The molecule has 0 saturated carbocycles. The fourth-order valence-electron chi connectivity index (χ4n) is 1.49. The van der Waals surface area contributed by atoms with Gasteiger partial charge in [0.05, 0.1) is 18.9 Å². The quantitative estimate of drug-likeness (QED) is 0.673. The van der Waals surface area contributed by atoms with E-state index in [-0.39, 0.29) is 0 Å². The van der Waals surface area contributed by atoms with Crippen LogP contribution in [0, 0.1) is 0 Å². The standard InChI is InChI=1S/C14H15ClN4O/c1-11-4-3-8-16-10-12(7-9-20-11)18-19-14-6-2-5-13(15)17-14/h2-6,8H,1,7,9-10H2,(H,17,19)/b4-3-,16-8?,18-12+. The highest BCUT2D eigenvalue weighted by molar-refractivity contribution is 6.29. The predicted octanol–water partition coefficient (Wildman–Crippen LogP) is 3.06. The summed E-state index contributed by atoms with van der Waals surface area (Å²) in [7, 11) is 0. The van der Waals surface area contributed by atoms with Crippen LogP contribution in [0.3, 0.4) is 0 Å². The van der Waals surface area contributed by atoms with E-state index in [0.29, 0.717) is 36.3 Å². The Morgan fingerprint density at radius 2 is 2.30 bits per heavy atom. The average molecular weight is 291 g/mol. The van der Waals surface area contributed by atoms with Crippen molar-refractivity contribution in [3.05, 3.63) is 47.8 Å². The summed E-state index contributed by atoms with van der Waals surface area (Å²) in [5.41, 5.74) is 3.74. The van der Waals surface area contributed by atoms with Gasteiger partial charge in [-0.15, -0.1) is 0 Å². The lowest BCUT2D eigenvalue weighted by molar-refractivity contribution is 0.235. The molecule has 0 atom stereocenters. The van der Waals surface area contributed by atoms with Gasteiger partial charge < -0.3 is 4.74 Å².